The second-order valence-electron chi connectivity index (χ2n) is 1.60. The van der Waals surface area contributed by atoms with Crippen molar-refractivity contribution < 1.29 is 5.11 Å². The second kappa shape index (κ2) is 2.88. The Bertz CT molecular complexity index is 224. The smallest absolute Gasteiger partial charge is 0.116 e. The van der Waals surface area contributed by atoms with Gasteiger partial charge < -0.3 is 5.11 Å². The Kier molecular flexibility index (Phi) is 2.35. The molecule has 0 radical (unpaired) electrons. The predicted molar refractivity (Wildman–Crippen MR) is 48.5 cm³/mol. The lowest BCUT2D eigenvalue weighted by atomic mass is 10.3. The molecule has 1 aromatic rings. The first-order chi connectivity index (χ1) is 4.20. The quantitative estimate of drug-likeness (QED) is 0.730. The summed E-state index contributed by atoms with van der Waals surface area (Å²) in [5.74, 6) is 0.294. The van der Waals surface area contributed by atoms with E-state index in [9.17, 15) is 0 Å². The van der Waals surface area contributed by atoms with Crippen LogP contribution in [0.4, 0.5) is 0 Å². The third-order valence-corrected chi connectivity index (χ3v) is 3.24. The highest BCUT2D eigenvalue weighted by Gasteiger charge is 1.94. The average molecular weight is 299 g/mol. The number of hydrogen-bond donors (Lipinski definition) is 1. The van der Waals surface area contributed by atoms with Gasteiger partial charge in [-0.15, -0.1) is 0 Å². The Morgan fingerprint density at radius 1 is 1.44 bits per heavy atom. The fourth-order valence-electron chi connectivity index (χ4n) is 0.485. The molecule has 0 saturated heterocycles. The first kappa shape index (κ1) is 7.34. The van der Waals surface area contributed by atoms with Crippen molar-refractivity contribution in [2.24, 2.45) is 0 Å². The van der Waals surface area contributed by atoms with Gasteiger partial charge in [0.25, 0.3) is 0 Å². The van der Waals surface area contributed by atoms with E-state index in [1.807, 2.05) is 6.07 Å². The first-order valence-corrected chi connectivity index (χ1v) is 4.21. The average Bonchev–Trinajstić information content (AvgIpc) is 1.80. The monoisotopic (exact) mass is 298 g/mol. The summed E-state index contributed by atoms with van der Waals surface area (Å²) in [7, 11) is 0. The molecule has 0 saturated carbocycles. The molecule has 0 aliphatic rings. The number of benzene rings is 1. The lowest BCUT2D eigenvalue weighted by molar-refractivity contribution is 0.475. The molecular formula is C6H4BrIO. The van der Waals surface area contributed by atoms with Crippen molar-refractivity contribution in [1.82, 2.24) is 0 Å². The molecule has 0 amide bonds. The summed E-state index contributed by atoms with van der Waals surface area (Å²) in [6.07, 6.45) is 0. The van der Waals surface area contributed by atoms with Gasteiger partial charge in [0, 0.05) is 8.04 Å². The van der Waals surface area contributed by atoms with Crippen LogP contribution in [0.25, 0.3) is 0 Å². The van der Waals surface area contributed by atoms with E-state index < -0.39 is 0 Å². The summed E-state index contributed by atoms with van der Waals surface area (Å²) < 4.78 is 2.04. The first-order valence-electron chi connectivity index (χ1n) is 2.34. The highest BCUT2D eigenvalue weighted by atomic mass is 127. The minimum Gasteiger partial charge on any atom is -0.508 e. The number of hydrogen-bond acceptors (Lipinski definition) is 1. The Balaban J connectivity index is 3.17. The highest BCUT2D eigenvalue weighted by Crippen LogP contribution is 2.22. The maximum atomic E-state index is 8.90. The van der Waals surface area contributed by atoms with E-state index in [1.54, 1.807) is 12.1 Å². The molecule has 0 bridgehead atoms. The van der Waals surface area contributed by atoms with Gasteiger partial charge in [0.05, 0.1) is 0 Å². The Morgan fingerprint density at radius 3 is 2.56 bits per heavy atom. The van der Waals surface area contributed by atoms with Crippen LogP contribution in [0, 0.1) is 3.57 Å². The summed E-state index contributed by atoms with van der Waals surface area (Å²) in [6, 6.07) is 5.17. The molecular weight excluding hydrogens is 295 g/mol. The van der Waals surface area contributed by atoms with Crippen molar-refractivity contribution in [3.8, 4) is 5.75 Å². The van der Waals surface area contributed by atoms with Crippen LogP contribution in [-0.2, 0) is 0 Å². The van der Waals surface area contributed by atoms with E-state index >= 15 is 0 Å². The zero-order valence-electron chi connectivity index (χ0n) is 4.44. The Labute approximate surface area is 75.4 Å². The van der Waals surface area contributed by atoms with Crippen molar-refractivity contribution in [2.45, 2.75) is 0 Å². The van der Waals surface area contributed by atoms with Crippen molar-refractivity contribution in [3.05, 3.63) is 26.2 Å². The van der Waals surface area contributed by atoms with Crippen molar-refractivity contribution in [1.29, 1.82) is 0 Å². The summed E-state index contributed by atoms with van der Waals surface area (Å²) in [4.78, 5) is 0. The van der Waals surface area contributed by atoms with E-state index in [0.29, 0.717) is 5.75 Å². The van der Waals surface area contributed by atoms with Crippen LogP contribution in [0.1, 0.15) is 0 Å². The van der Waals surface area contributed by atoms with E-state index in [1.165, 1.54) is 0 Å². The molecule has 0 spiro atoms. The largest absolute Gasteiger partial charge is 0.508 e. The molecule has 48 valence electrons. The van der Waals surface area contributed by atoms with Gasteiger partial charge in [-0.3, -0.25) is 0 Å². The van der Waals surface area contributed by atoms with Gasteiger partial charge in [-0.1, -0.05) is 0 Å². The molecule has 9 heavy (non-hydrogen) atoms. The molecule has 1 N–H and O–H groups in total. The van der Waals surface area contributed by atoms with Crippen LogP contribution in [-0.4, -0.2) is 5.11 Å². The van der Waals surface area contributed by atoms with Crippen LogP contribution in [0.5, 0.6) is 5.75 Å². The molecule has 0 fully saturated rings. The van der Waals surface area contributed by atoms with Gasteiger partial charge in [0.15, 0.2) is 0 Å². The summed E-state index contributed by atoms with van der Waals surface area (Å²) in [5.41, 5.74) is 0. The van der Waals surface area contributed by atoms with E-state index in [2.05, 4.69) is 38.5 Å². The van der Waals surface area contributed by atoms with Gasteiger partial charge >= 0.3 is 0 Å². The molecule has 1 aromatic carbocycles. The third kappa shape index (κ3) is 1.82. The summed E-state index contributed by atoms with van der Waals surface area (Å²) in [5, 5.41) is 8.90. The number of rotatable bonds is 0. The van der Waals surface area contributed by atoms with Crippen molar-refractivity contribution in [3.63, 3.8) is 0 Å². The van der Waals surface area contributed by atoms with E-state index in [-0.39, 0.29) is 0 Å². The third-order valence-electron chi connectivity index (χ3n) is 0.903. The zero-order chi connectivity index (χ0) is 6.85. The van der Waals surface area contributed by atoms with Crippen LogP contribution in [0.3, 0.4) is 0 Å². The summed E-state index contributed by atoms with van der Waals surface area (Å²) >= 11 is 5.46. The van der Waals surface area contributed by atoms with Gasteiger partial charge in [0.2, 0.25) is 0 Å². The predicted octanol–water partition coefficient (Wildman–Crippen LogP) is 2.76. The van der Waals surface area contributed by atoms with Crippen molar-refractivity contribution >= 4 is 38.5 Å². The van der Waals surface area contributed by atoms with Gasteiger partial charge in [-0.2, -0.15) is 0 Å². The molecule has 3 heteroatoms. The number of phenols is 1. The normalized spacial score (nSPS) is 9.56. The SMILES string of the molecule is Oc1ccc(I)c(Br)c1. The van der Waals surface area contributed by atoms with Crippen LogP contribution < -0.4 is 0 Å². The maximum Gasteiger partial charge on any atom is 0.116 e. The standard InChI is InChI=1S/C6H4BrIO/c7-5-3-4(9)1-2-6(5)8/h1-3,9H. The fraction of sp³-hybridized carbons (Fsp3) is 0. The van der Waals surface area contributed by atoms with E-state index in [4.69, 9.17) is 5.11 Å². The Hall–Kier alpha value is 0.230. The lowest BCUT2D eigenvalue weighted by Crippen LogP contribution is -1.71. The lowest BCUT2D eigenvalue weighted by Gasteiger charge is -1.94. The fourth-order valence-corrected chi connectivity index (χ4v) is 1.19. The van der Waals surface area contributed by atoms with Gasteiger partial charge in [-0.25, -0.2) is 0 Å². The Morgan fingerprint density at radius 2 is 2.11 bits per heavy atom. The van der Waals surface area contributed by atoms with Gasteiger partial charge in [-0.05, 0) is 56.7 Å². The molecule has 0 atom stereocenters. The van der Waals surface area contributed by atoms with Crippen molar-refractivity contribution in [2.75, 3.05) is 0 Å². The molecule has 0 heterocycles. The van der Waals surface area contributed by atoms with Crippen LogP contribution in [0.15, 0.2) is 22.7 Å². The van der Waals surface area contributed by atoms with Gasteiger partial charge in [0.1, 0.15) is 5.75 Å². The molecule has 1 rings (SSSR count). The zero-order valence-corrected chi connectivity index (χ0v) is 8.18. The van der Waals surface area contributed by atoms with Crippen LogP contribution >= 0.6 is 38.5 Å². The van der Waals surface area contributed by atoms with Crippen LogP contribution in [0.2, 0.25) is 0 Å². The molecule has 0 aliphatic carbocycles. The minimum atomic E-state index is 0.294. The number of phenolic OH excluding ortho intramolecular Hbond substituents is 1. The number of halogens is 2. The second-order valence-corrected chi connectivity index (χ2v) is 3.61. The molecule has 0 aliphatic heterocycles. The molecule has 0 aromatic heterocycles. The number of aromatic hydroxyl groups is 1. The topological polar surface area (TPSA) is 20.2 Å². The molecule has 0 unspecified atom stereocenters. The highest BCUT2D eigenvalue weighted by molar-refractivity contribution is 14.1. The minimum absolute atomic E-state index is 0.294. The summed E-state index contributed by atoms with van der Waals surface area (Å²) in [6.45, 7) is 0. The maximum absolute atomic E-state index is 8.90. The molecule has 1 nitrogen and oxygen atoms in total. The van der Waals surface area contributed by atoms with E-state index in [0.717, 1.165) is 8.04 Å².